The van der Waals surface area contributed by atoms with E-state index in [0.717, 1.165) is 35.7 Å². The van der Waals surface area contributed by atoms with E-state index in [1.807, 2.05) is 0 Å². The van der Waals surface area contributed by atoms with Gasteiger partial charge in [0.25, 0.3) is 15.9 Å². The maximum absolute atomic E-state index is 13.4. The van der Waals surface area contributed by atoms with Crippen LogP contribution in [-0.4, -0.2) is 26.6 Å². The highest BCUT2D eigenvalue weighted by Crippen LogP contribution is 2.30. The minimum atomic E-state index is -3.98. The first kappa shape index (κ1) is 23.3. The first-order valence-electron chi connectivity index (χ1n) is 10.6. The van der Waals surface area contributed by atoms with E-state index in [1.165, 1.54) is 31.4 Å². The van der Waals surface area contributed by atoms with Crippen molar-refractivity contribution in [3.8, 4) is 0 Å². The molecule has 1 aliphatic rings. The SMILES string of the molecule is Cc1c(Cl)cccc1N(CC(=O)NN=C1CCCCCCC1)S(=O)(=O)c1ccccc1. The van der Waals surface area contributed by atoms with E-state index in [2.05, 4.69) is 10.5 Å². The quantitative estimate of drug-likeness (QED) is 0.610. The van der Waals surface area contributed by atoms with E-state index in [9.17, 15) is 13.2 Å². The van der Waals surface area contributed by atoms with Gasteiger partial charge in [0.15, 0.2) is 0 Å². The van der Waals surface area contributed by atoms with Crippen LogP contribution in [0.5, 0.6) is 0 Å². The summed E-state index contributed by atoms with van der Waals surface area (Å²) in [4.78, 5) is 12.8. The summed E-state index contributed by atoms with van der Waals surface area (Å²) in [6.45, 7) is 1.34. The molecule has 0 radical (unpaired) electrons. The fourth-order valence-electron chi connectivity index (χ4n) is 3.62. The first-order valence-corrected chi connectivity index (χ1v) is 12.4. The van der Waals surface area contributed by atoms with Crippen LogP contribution >= 0.6 is 11.6 Å². The number of nitrogens with one attached hydrogen (secondary N) is 1. The normalized spacial score (nSPS) is 15.0. The largest absolute Gasteiger partial charge is 0.271 e. The zero-order valence-corrected chi connectivity index (χ0v) is 19.3. The molecule has 0 saturated heterocycles. The maximum Gasteiger partial charge on any atom is 0.264 e. The number of carbonyl (C=O) groups excluding carboxylic acids is 1. The molecule has 3 rings (SSSR count). The molecule has 8 heteroatoms. The Hall–Kier alpha value is -2.38. The van der Waals surface area contributed by atoms with E-state index in [1.54, 1.807) is 43.3 Å². The number of hydrogen-bond acceptors (Lipinski definition) is 4. The molecule has 0 spiro atoms. The van der Waals surface area contributed by atoms with Crippen molar-refractivity contribution in [2.45, 2.75) is 56.8 Å². The average molecular weight is 462 g/mol. The van der Waals surface area contributed by atoms with E-state index in [0.29, 0.717) is 16.3 Å². The minimum Gasteiger partial charge on any atom is -0.271 e. The van der Waals surface area contributed by atoms with Crippen molar-refractivity contribution in [1.82, 2.24) is 5.43 Å². The fourth-order valence-corrected chi connectivity index (χ4v) is 5.29. The summed E-state index contributed by atoms with van der Waals surface area (Å²) in [5, 5.41) is 4.73. The molecule has 1 N–H and O–H groups in total. The molecule has 166 valence electrons. The number of benzene rings is 2. The van der Waals surface area contributed by atoms with Gasteiger partial charge in [0.05, 0.1) is 10.6 Å². The molecule has 0 heterocycles. The van der Waals surface area contributed by atoms with Crippen LogP contribution in [0.1, 0.15) is 50.5 Å². The van der Waals surface area contributed by atoms with Gasteiger partial charge < -0.3 is 0 Å². The van der Waals surface area contributed by atoms with Gasteiger partial charge in [-0.25, -0.2) is 13.8 Å². The maximum atomic E-state index is 13.4. The van der Waals surface area contributed by atoms with Crippen molar-refractivity contribution >= 4 is 38.9 Å². The Balaban J connectivity index is 1.86. The Morgan fingerprint density at radius 1 is 1.00 bits per heavy atom. The van der Waals surface area contributed by atoms with Crippen molar-refractivity contribution in [3.05, 3.63) is 59.1 Å². The van der Waals surface area contributed by atoms with Crippen LogP contribution < -0.4 is 9.73 Å². The molecule has 1 aliphatic carbocycles. The third-order valence-electron chi connectivity index (χ3n) is 5.40. The highest BCUT2D eigenvalue weighted by Gasteiger charge is 2.28. The molecule has 1 fully saturated rings. The van der Waals surface area contributed by atoms with Crippen LogP contribution in [0, 0.1) is 6.92 Å². The number of hydrogen-bond donors (Lipinski definition) is 1. The Morgan fingerprint density at radius 3 is 2.32 bits per heavy atom. The van der Waals surface area contributed by atoms with Gasteiger partial charge in [-0.1, -0.05) is 55.1 Å². The Bertz CT molecular complexity index is 1030. The lowest BCUT2D eigenvalue weighted by Crippen LogP contribution is -2.40. The van der Waals surface area contributed by atoms with E-state index < -0.39 is 22.5 Å². The molecule has 0 bridgehead atoms. The number of hydrazone groups is 1. The van der Waals surface area contributed by atoms with E-state index in [4.69, 9.17) is 11.6 Å². The van der Waals surface area contributed by atoms with E-state index >= 15 is 0 Å². The number of halogens is 1. The van der Waals surface area contributed by atoms with Crippen LogP contribution in [0.15, 0.2) is 58.5 Å². The Kier molecular flexibility index (Phi) is 8.09. The molecule has 1 saturated carbocycles. The zero-order valence-electron chi connectivity index (χ0n) is 17.7. The molecular weight excluding hydrogens is 434 g/mol. The molecule has 0 aromatic heterocycles. The van der Waals surface area contributed by atoms with Crippen LogP contribution in [0.25, 0.3) is 0 Å². The van der Waals surface area contributed by atoms with Crippen molar-refractivity contribution in [2.24, 2.45) is 5.10 Å². The van der Waals surface area contributed by atoms with E-state index in [-0.39, 0.29) is 4.90 Å². The molecule has 6 nitrogen and oxygen atoms in total. The second-order valence-corrected chi connectivity index (χ2v) is 9.96. The molecule has 0 atom stereocenters. The molecule has 2 aromatic rings. The Labute approximate surface area is 189 Å². The second-order valence-electron chi connectivity index (χ2n) is 7.69. The van der Waals surface area contributed by atoms with Crippen molar-refractivity contribution in [2.75, 3.05) is 10.8 Å². The molecule has 0 aliphatic heterocycles. The number of amides is 1. The number of anilines is 1. The third kappa shape index (κ3) is 6.08. The highest BCUT2D eigenvalue weighted by atomic mass is 35.5. The Morgan fingerprint density at radius 2 is 1.65 bits per heavy atom. The van der Waals surface area contributed by atoms with Gasteiger partial charge in [0, 0.05) is 10.7 Å². The predicted molar refractivity (Wildman–Crippen MR) is 125 cm³/mol. The lowest BCUT2D eigenvalue weighted by molar-refractivity contribution is -0.119. The van der Waals surface area contributed by atoms with Gasteiger partial charge in [-0.2, -0.15) is 5.10 Å². The lowest BCUT2D eigenvalue weighted by Gasteiger charge is -2.25. The van der Waals surface area contributed by atoms with Gasteiger partial charge in [-0.05, 0) is 62.4 Å². The summed E-state index contributed by atoms with van der Waals surface area (Å²) in [5.74, 6) is -0.492. The van der Waals surface area contributed by atoms with Gasteiger partial charge in [0.1, 0.15) is 6.54 Å². The number of sulfonamides is 1. The molecule has 31 heavy (non-hydrogen) atoms. The van der Waals surface area contributed by atoms with Crippen molar-refractivity contribution in [1.29, 1.82) is 0 Å². The standard InChI is InChI=1S/C23H28ClN3O3S/c1-18-21(24)15-10-16-22(18)27(31(29,30)20-13-8-5-9-14-20)17-23(28)26-25-19-11-6-3-2-4-7-12-19/h5,8-10,13-16H,2-4,6-7,11-12,17H2,1H3,(H,26,28). The minimum absolute atomic E-state index is 0.105. The number of nitrogens with zero attached hydrogens (tertiary/aromatic N) is 2. The molecule has 0 unspecified atom stereocenters. The summed E-state index contributed by atoms with van der Waals surface area (Å²) in [5.41, 5.74) is 4.48. The fraction of sp³-hybridized carbons (Fsp3) is 0.391. The second kappa shape index (κ2) is 10.8. The summed E-state index contributed by atoms with van der Waals surface area (Å²) in [6, 6.07) is 13.1. The molecule has 2 aromatic carbocycles. The van der Waals surface area contributed by atoms with Crippen LogP contribution in [0.4, 0.5) is 5.69 Å². The molecule has 1 amide bonds. The monoisotopic (exact) mass is 461 g/mol. The summed E-state index contributed by atoms with van der Waals surface area (Å²) < 4.78 is 27.9. The van der Waals surface area contributed by atoms with Gasteiger partial charge >= 0.3 is 0 Å². The average Bonchev–Trinajstić information content (AvgIpc) is 2.74. The predicted octanol–water partition coefficient (Wildman–Crippen LogP) is 5.06. The first-order chi connectivity index (χ1) is 14.9. The van der Waals surface area contributed by atoms with Crippen LogP contribution in [0.2, 0.25) is 5.02 Å². The number of rotatable bonds is 6. The van der Waals surface area contributed by atoms with Gasteiger partial charge in [0.2, 0.25) is 0 Å². The van der Waals surface area contributed by atoms with Crippen LogP contribution in [0.3, 0.4) is 0 Å². The van der Waals surface area contributed by atoms with Gasteiger partial charge in [-0.15, -0.1) is 0 Å². The summed E-state index contributed by atoms with van der Waals surface area (Å²) >= 11 is 6.24. The summed E-state index contributed by atoms with van der Waals surface area (Å²) in [6.07, 6.45) is 7.43. The lowest BCUT2D eigenvalue weighted by atomic mass is 9.99. The topological polar surface area (TPSA) is 78.8 Å². The zero-order chi connectivity index (χ0) is 22.3. The molecular formula is C23H28ClN3O3S. The van der Waals surface area contributed by atoms with Gasteiger partial charge in [-0.3, -0.25) is 9.10 Å². The smallest absolute Gasteiger partial charge is 0.264 e. The highest BCUT2D eigenvalue weighted by molar-refractivity contribution is 7.92. The number of carbonyl (C=O) groups is 1. The third-order valence-corrected chi connectivity index (χ3v) is 7.58. The summed E-state index contributed by atoms with van der Waals surface area (Å²) in [7, 11) is -3.98. The van der Waals surface area contributed by atoms with Crippen molar-refractivity contribution < 1.29 is 13.2 Å². The van der Waals surface area contributed by atoms with Crippen molar-refractivity contribution in [3.63, 3.8) is 0 Å². The van der Waals surface area contributed by atoms with Crippen LogP contribution in [-0.2, 0) is 14.8 Å².